The standard InChI is InChI=1S/C15H16N2O/c1-11(12-7-3-5-9-14(12)17-16)13-8-4-6-10-15(13)18-2/h3-10,17H,1,16H2,2H3. The van der Waals surface area contributed by atoms with E-state index in [0.717, 1.165) is 28.1 Å². The Hall–Kier alpha value is -2.26. The Balaban J connectivity index is 2.48. The molecular formula is C15H16N2O. The van der Waals surface area contributed by atoms with Crippen molar-refractivity contribution in [2.75, 3.05) is 12.5 Å². The molecule has 3 nitrogen and oxygen atoms in total. The lowest BCUT2D eigenvalue weighted by atomic mass is 9.97. The van der Waals surface area contributed by atoms with Crippen LogP contribution in [0.1, 0.15) is 11.1 Å². The Bertz CT molecular complexity index is 514. The highest BCUT2D eigenvalue weighted by Crippen LogP contribution is 2.32. The number of methoxy groups -OCH3 is 1. The summed E-state index contributed by atoms with van der Waals surface area (Å²) in [4.78, 5) is 0. The topological polar surface area (TPSA) is 47.3 Å². The van der Waals surface area contributed by atoms with E-state index in [4.69, 9.17) is 10.6 Å². The fraction of sp³-hybridized carbons (Fsp3) is 0.0667. The number of nitrogens with two attached hydrogens (primary N) is 1. The summed E-state index contributed by atoms with van der Waals surface area (Å²) in [6.45, 7) is 4.14. The zero-order valence-electron chi connectivity index (χ0n) is 10.3. The number of anilines is 1. The van der Waals surface area contributed by atoms with Crippen LogP contribution in [0.4, 0.5) is 5.69 Å². The van der Waals surface area contributed by atoms with Gasteiger partial charge in [-0.25, -0.2) is 0 Å². The van der Waals surface area contributed by atoms with Gasteiger partial charge in [-0.15, -0.1) is 0 Å². The van der Waals surface area contributed by atoms with E-state index in [2.05, 4.69) is 12.0 Å². The van der Waals surface area contributed by atoms with Gasteiger partial charge in [0.1, 0.15) is 5.75 Å². The molecule has 3 heteroatoms. The predicted molar refractivity (Wildman–Crippen MR) is 75.4 cm³/mol. The summed E-state index contributed by atoms with van der Waals surface area (Å²) < 4.78 is 5.35. The molecule has 3 N–H and O–H groups in total. The highest BCUT2D eigenvalue weighted by Gasteiger charge is 2.10. The van der Waals surface area contributed by atoms with Crippen LogP contribution in [0.15, 0.2) is 55.1 Å². The second-order valence-corrected chi connectivity index (χ2v) is 3.87. The maximum absolute atomic E-state index is 5.51. The minimum absolute atomic E-state index is 0.800. The number of nitrogens with one attached hydrogen (secondary N) is 1. The van der Waals surface area contributed by atoms with Crippen molar-refractivity contribution in [1.29, 1.82) is 0 Å². The third-order valence-corrected chi connectivity index (χ3v) is 2.84. The molecule has 0 fully saturated rings. The Labute approximate surface area is 107 Å². The van der Waals surface area contributed by atoms with Gasteiger partial charge in [-0.2, -0.15) is 0 Å². The molecule has 0 aromatic heterocycles. The molecular weight excluding hydrogens is 224 g/mol. The Kier molecular flexibility index (Phi) is 3.65. The van der Waals surface area contributed by atoms with Gasteiger partial charge in [-0.05, 0) is 17.7 Å². The number of para-hydroxylation sites is 2. The molecule has 0 radical (unpaired) electrons. The Morgan fingerprint density at radius 1 is 1.06 bits per heavy atom. The number of ether oxygens (including phenoxy) is 1. The highest BCUT2D eigenvalue weighted by atomic mass is 16.5. The number of benzene rings is 2. The zero-order chi connectivity index (χ0) is 13.0. The van der Waals surface area contributed by atoms with Crippen molar-refractivity contribution in [3.63, 3.8) is 0 Å². The summed E-state index contributed by atoms with van der Waals surface area (Å²) in [6, 6.07) is 15.6. The monoisotopic (exact) mass is 240 g/mol. The second kappa shape index (κ2) is 5.38. The van der Waals surface area contributed by atoms with Gasteiger partial charge in [0.15, 0.2) is 0 Å². The normalized spacial score (nSPS) is 9.89. The van der Waals surface area contributed by atoms with E-state index in [1.54, 1.807) is 7.11 Å². The molecule has 2 aromatic carbocycles. The summed E-state index contributed by atoms with van der Waals surface area (Å²) in [5.74, 6) is 6.32. The minimum Gasteiger partial charge on any atom is -0.496 e. The van der Waals surface area contributed by atoms with Gasteiger partial charge in [0.05, 0.1) is 12.8 Å². The summed E-state index contributed by atoms with van der Waals surface area (Å²) in [6.07, 6.45) is 0. The molecule has 0 bridgehead atoms. The molecule has 0 heterocycles. The van der Waals surface area contributed by atoms with E-state index < -0.39 is 0 Å². The van der Waals surface area contributed by atoms with E-state index >= 15 is 0 Å². The smallest absolute Gasteiger partial charge is 0.126 e. The van der Waals surface area contributed by atoms with Crippen molar-refractivity contribution in [1.82, 2.24) is 0 Å². The van der Waals surface area contributed by atoms with Crippen LogP contribution in [-0.4, -0.2) is 7.11 Å². The lowest BCUT2D eigenvalue weighted by Gasteiger charge is -2.14. The minimum atomic E-state index is 0.800. The van der Waals surface area contributed by atoms with Crippen molar-refractivity contribution in [2.24, 2.45) is 5.84 Å². The molecule has 0 atom stereocenters. The molecule has 0 saturated carbocycles. The van der Waals surface area contributed by atoms with Gasteiger partial charge in [-0.1, -0.05) is 43.0 Å². The van der Waals surface area contributed by atoms with Gasteiger partial charge in [0, 0.05) is 11.1 Å². The van der Waals surface area contributed by atoms with Crippen molar-refractivity contribution in [2.45, 2.75) is 0 Å². The third-order valence-electron chi connectivity index (χ3n) is 2.84. The fourth-order valence-electron chi connectivity index (χ4n) is 1.91. The van der Waals surface area contributed by atoms with Crippen LogP contribution >= 0.6 is 0 Å². The van der Waals surface area contributed by atoms with Gasteiger partial charge in [0.25, 0.3) is 0 Å². The van der Waals surface area contributed by atoms with Gasteiger partial charge >= 0.3 is 0 Å². The van der Waals surface area contributed by atoms with Crippen molar-refractivity contribution in [3.8, 4) is 5.75 Å². The third kappa shape index (κ3) is 2.21. The number of hydrogen-bond donors (Lipinski definition) is 2. The first-order valence-electron chi connectivity index (χ1n) is 5.66. The van der Waals surface area contributed by atoms with Crippen LogP contribution < -0.4 is 16.0 Å². The molecule has 0 unspecified atom stereocenters. The molecule has 0 amide bonds. The van der Waals surface area contributed by atoms with Crippen LogP contribution in [0.3, 0.4) is 0 Å². The Morgan fingerprint density at radius 2 is 1.67 bits per heavy atom. The maximum atomic E-state index is 5.51. The molecule has 18 heavy (non-hydrogen) atoms. The highest BCUT2D eigenvalue weighted by molar-refractivity contribution is 5.86. The lowest BCUT2D eigenvalue weighted by Crippen LogP contribution is -2.09. The number of hydrogen-bond acceptors (Lipinski definition) is 3. The summed E-state index contributed by atoms with van der Waals surface area (Å²) in [5.41, 5.74) is 6.32. The van der Waals surface area contributed by atoms with Crippen molar-refractivity contribution >= 4 is 11.3 Å². The largest absolute Gasteiger partial charge is 0.496 e. The molecule has 0 aliphatic carbocycles. The first kappa shape index (κ1) is 12.2. The molecule has 0 aliphatic heterocycles. The van der Waals surface area contributed by atoms with E-state index in [9.17, 15) is 0 Å². The molecule has 0 saturated heterocycles. The van der Waals surface area contributed by atoms with Crippen LogP contribution in [0.25, 0.3) is 5.57 Å². The fourth-order valence-corrected chi connectivity index (χ4v) is 1.91. The van der Waals surface area contributed by atoms with Gasteiger partial charge in [0.2, 0.25) is 0 Å². The zero-order valence-corrected chi connectivity index (χ0v) is 10.3. The van der Waals surface area contributed by atoms with E-state index in [-0.39, 0.29) is 0 Å². The van der Waals surface area contributed by atoms with Gasteiger partial charge in [-0.3, -0.25) is 5.84 Å². The molecule has 0 spiro atoms. The quantitative estimate of drug-likeness (QED) is 0.638. The summed E-state index contributed by atoms with van der Waals surface area (Å²) in [7, 11) is 1.65. The molecule has 0 aliphatic rings. The number of nitrogen functional groups attached to an aromatic ring is 1. The van der Waals surface area contributed by atoms with Crippen LogP contribution in [0, 0.1) is 0 Å². The second-order valence-electron chi connectivity index (χ2n) is 3.87. The van der Waals surface area contributed by atoms with Crippen LogP contribution in [0.5, 0.6) is 5.75 Å². The summed E-state index contributed by atoms with van der Waals surface area (Å²) >= 11 is 0. The molecule has 92 valence electrons. The van der Waals surface area contributed by atoms with E-state index in [0.29, 0.717) is 0 Å². The van der Waals surface area contributed by atoms with Crippen LogP contribution in [-0.2, 0) is 0 Å². The summed E-state index contributed by atoms with van der Waals surface area (Å²) in [5, 5.41) is 0. The predicted octanol–water partition coefficient (Wildman–Crippen LogP) is 3.04. The molecule has 2 aromatic rings. The number of rotatable bonds is 4. The first-order valence-corrected chi connectivity index (χ1v) is 5.66. The van der Waals surface area contributed by atoms with Crippen LogP contribution in [0.2, 0.25) is 0 Å². The van der Waals surface area contributed by atoms with Gasteiger partial charge < -0.3 is 10.2 Å². The van der Waals surface area contributed by atoms with E-state index in [1.807, 2.05) is 48.5 Å². The average Bonchev–Trinajstić information content (AvgIpc) is 2.46. The average molecular weight is 240 g/mol. The van der Waals surface area contributed by atoms with Crippen molar-refractivity contribution in [3.05, 3.63) is 66.2 Å². The van der Waals surface area contributed by atoms with E-state index in [1.165, 1.54) is 0 Å². The lowest BCUT2D eigenvalue weighted by molar-refractivity contribution is 0.413. The Morgan fingerprint density at radius 3 is 2.33 bits per heavy atom. The van der Waals surface area contributed by atoms with Crippen molar-refractivity contribution < 1.29 is 4.74 Å². The molecule has 2 rings (SSSR count). The number of hydrazine groups is 1. The maximum Gasteiger partial charge on any atom is 0.126 e. The first-order chi connectivity index (χ1) is 8.77. The SMILES string of the molecule is C=C(c1ccccc1NN)c1ccccc1OC.